The number of hydrogen-bond acceptors (Lipinski definition) is 3. The first-order valence-electron chi connectivity index (χ1n) is 6.43. The van der Waals surface area contributed by atoms with Crippen LogP contribution in [0.4, 0.5) is 0 Å². The van der Waals surface area contributed by atoms with Crippen molar-refractivity contribution >= 4 is 27.5 Å². The largest absolute Gasteiger partial charge is 0.473 e. The summed E-state index contributed by atoms with van der Waals surface area (Å²) in [5, 5.41) is 3.86. The van der Waals surface area contributed by atoms with Crippen molar-refractivity contribution in [1.29, 1.82) is 0 Å². The first-order valence-corrected chi connectivity index (χ1v) is 7.60. The maximum absolute atomic E-state index is 6.11. The van der Waals surface area contributed by atoms with Crippen molar-refractivity contribution in [2.45, 2.75) is 20.1 Å². The zero-order chi connectivity index (χ0) is 14.4. The summed E-state index contributed by atoms with van der Waals surface area (Å²) in [6.07, 6.45) is 0. The Morgan fingerprint density at radius 2 is 2.05 bits per heavy atom. The molecule has 0 amide bonds. The first-order chi connectivity index (χ1) is 9.70. The normalized spacial score (nSPS) is 10.6. The number of pyridine rings is 1. The molecule has 0 fully saturated rings. The van der Waals surface area contributed by atoms with Gasteiger partial charge in [-0.25, -0.2) is 4.98 Å². The summed E-state index contributed by atoms with van der Waals surface area (Å²) in [7, 11) is 0. The van der Waals surface area contributed by atoms with Crippen LogP contribution in [-0.2, 0) is 13.2 Å². The van der Waals surface area contributed by atoms with Crippen LogP contribution in [0.2, 0.25) is 5.02 Å². The smallest absolute Gasteiger partial charge is 0.213 e. The van der Waals surface area contributed by atoms with Gasteiger partial charge in [-0.15, -0.1) is 0 Å². The van der Waals surface area contributed by atoms with Crippen LogP contribution in [0.1, 0.15) is 18.2 Å². The highest BCUT2D eigenvalue weighted by Crippen LogP contribution is 2.21. The first kappa shape index (κ1) is 15.3. The van der Waals surface area contributed by atoms with Gasteiger partial charge >= 0.3 is 0 Å². The van der Waals surface area contributed by atoms with Gasteiger partial charge in [0.2, 0.25) is 5.88 Å². The van der Waals surface area contributed by atoms with Crippen LogP contribution >= 0.6 is 27.5 Å². The highest BCUT2D eigenvalue weighted by atomic mass is 79.9. The lowest BCUT2D eigenvalue weighted by molar-refractivity contribution is 0.292. The van der Waals surface area contributed by atoms with Gasteiger partial charge in [0, 0.05) is 22.6 Å². The van der Waals surface area contributed by atoms with Crippen molar-refractivity contribution in [3.05, 3.63) is 57.2 Å². The van der Waals surface area contributed by atoms with Crippen LogP contribution in [-0.4, -0.2) is 11.5 Å². The van der Waals surface area contributed by atoms with E-state index < -0.39 is 0 Å². The number of halogens is 2. The van der Waals surface area contributed by atoms with Gasteiger partial charge in [-0.2, -0.15) is 0 Å². The Balaban J connectivity index is 2.04. The molecule has 1 aromatic heterocycles. The molecule has 20 heavy (non-hydrogen) atoms. The van der Waals surface area contributed by atoms with E-state index in [0.717, 1.165) is 22.3 Å². The third-order valence-corrected chi connectivity index (χ3v) is 3.89. The molecule has 1 heterocycles. The quantitative estimate of drug-likeness (QED) is 0.844. The van der Waals surface area contributed by atoms with Crippen molar-refractivity contribution < 1.29 is 4.74 Å². The summed E-state index contributed by atoms with van der Waals surface area (Å²) in [6.45, 7) is 4.03. The fourth-order valence-corrected chi connectivity index (χ4v) is 2.25. The maximum Gasteiger partial charge on any atom is 0.213 e. The van der Waals surface area contributed by atoms with E-state index in [1.54, 1.807) is 6.07 Å². The Labute approximate surface area is 132 Å². The molecule has 0 aliphatic carbocycles. The topological polar surface area (TPSA) is 34.2 Å². The Hall–Kier alpha value is -1.10. The lowest BCUT2D eigenvalue weighted by Gasteiger charge is -2.10. The molecule has 0 bridgehead atoms. The fourth-order valence-electron chi connectivity index (χ4n) is 1.68. The van der Waals surface area contributed by atoms with Gasteiger partial charge in [-0.05, 0) is 18.7 Å². The standard InChI is InChI=1S/C15H16BrClN2O/c1-2-18-9-14-13(17)7-8-15(19-14)20-10-11-5-3-4-6-12(11)16/h3-8,18H,2,9-10H2,1H3. The van der Waals surface area contributed by atoms with Gasteiger partial charge in [0.05, 0.1) is 10.7 Å². The number of nitrogens with one attached hydrogen (secondary N) is 1. The zero-order valence-corrected chi connectivity index (χ0v) is 13.5. The lowest BCUT2D eigenvalue weighted by atomic mass is 10.2. The summed E-state index contributed by atoms with van der Waals surface area (Å²) in [5.74, 6) is 0.582. The van der Waals surface area contributed by atoms with Crippen molar-refractivity contribution in [2.75, 3.05) is 6.54 Å². The third kappa shape index (κ3) is 4.20. The molecule has 1 aromatic carbocycles. The number of nitrogens with zero attached hydrogens (tertiary/aromatic N) is 1. The molecule has 0 spiro atoms. The summed E-state index contributed by atoms with van der Waals surface area (Å²) in [4.78, 5) is 4.42. The van der Waals surface area contributed by atoms with Gasteiger partial charge in [0.25, 0.3) is 0 Å². The average molecular weight is 356 g/mol. The molecule has 0 saturated carbocycles. The second kappa shape index (κ2) is 7.62. The van der Waals surface area contributed by atoms with Crippen LogP contribution in [0.3, 0.4) is 0 Å². The van der Waals surface area contributed by atoms with E-state index in [2.05, 4.69) is 26.2 Å². The van der Waals surface area contributed by atoms with E-state index in [-0.39, 0.29) is 0 Å². The highest BCUT2D eigenvalue weighted by molar-refractivity contribution is 9.10. The summed E-state index contributed by atoms with van der Waals surface area (Å²) in [6, 6.07) is 11.6. The molecule has 2 aromatic rings. The molecule has 2 rings (SSSR count). The highest BCUT2D eigenvalue weighted by Gasteiger charge is 2.05. The van der Waals surface area contributed by atoms with Gasteiger partial charge in [0.1, 0.15) is 6.61 Å². The van der Waals surface area contributed by atoms with Crippen LogP contribution in [0.15, 0.2) is 40.9 Å². The molecule has 0 radical (unpaired) electrons. The van der Waals surface area contributed by atoms with Crippen LogP contribution < -0.4 is 10.1 Å². The van der Waals surface area contributed by atoms with Gasteiger partial charge in [-0.1, -0.05) is 52.7 Å². The zero-order valence-electron chi connectivity index (χ0n) is 11.2. The number of hydrogen-bond donors (Lipinski definition) is 1. The minimum absolute atomic E-state index is 0.469. The predicted octanol–water partition coefficient (Wildman–Crippen LogP) is 4.19. The van der Waals surface area contributed by atoms with E-state index in [1.165, 1.54) is 0 Å². The summed E-state index contributed by atoms with van der Waals surface area (Å²) < 4.78 is 6.75. The molecule has 5 heteroatoms. The van der Waals surface area contributed by atoms with Gasteiger partial charge < -0.3 is 10.1 Å². The minimum atomic E-state index is 0.469. The molecule has 3 nitrogen and oxygen atoms in total. The van der Waals surface area contributed by atoms with E-state index >= 15 is 0 Å². The number of aromatic nitrogens is 1. The predicted molar refractivity (Wildman–Crippen MR) is 85.1 cm³/mol. The van der Waals surface area contributed by atoms with E-state index in [4.69, 9.17) is 16.3 Å². The van der Waals surface area contributed by atoms with Gasteiger partial charge in [-0.3, -0.25) is 0 Å². The number of ether oxygens (including phenoxy) is 1. The molecular weight excluding hydrogens is 340 g/mol. The molecule has 0 atom stereocenters. The van der Waals surface area contributed by atoms with Gasteiger partial charge in [0.15, 0.2) is 0 Å². The van der Waals surface area contributed by atoms with Crippen molar-refractivity contribution in [3.8, 4) is 5.88 Å². The van der Waals surface area contributed by atoms with Crippen LogP contribution in [0.5, 0.6) is 5.88 Å². The number of rotatable bonds is 6. The molecule has 0 unspecified atom stereocenters. The molecule has 106 valence electrons. The third-order valence-electron chi connectivity index (χ3n) is 2.77. The second-order valence-corrected chi connectivity index (χ2v) is 5.50. The van der Waals surface area contributed by atoms with Crippen LogP contribution in [0, 0.1) is 0 Å². The Bertz CT molecular complexity index is 578. The van der Waals surface area contributed by atoms with Crippen LogP contribution in [0.25, 0.3) is 0 Å². The van der Waals surface area contributed by atoms with Crippen molar-refractivity contribution in [2.24, 2.45) is 0 Å². The van der Waals surface area contributed by atoms with E-state index in [9.17, 15) is 0 Å². The van der Waals surface area contributed by atoms with Crippen molar-refractivity contribution in [1.82, 2.24) is 10.3 Å². The lowest BCUT2D eigenvalue weighted by Crippen LogP contribution is -2.13. The monoisotopic (exact) mass is 354 g/mol. The Morgan fingerprint density at radius 3 is 2.80 bits per heavy atom. The molecule has 0 saturated heterocycles. The second-order valence-electron chi connectivity index (χ2n) is 4.24. The molecule has 1 N–H and O–H groups in total. The average Bonchev–Trinajstić information content (AvgIpc) is 2.46. The maximum atomic E-state index is 6.11. The summed E-state index contributed by atoms with van der Waals surface area (Å²) in [5.41, 5.74) is 1.88. The SMILES string of the molecule is CCNCc1nc(OCc2ccccc2Br)ccc1Cl. The number of benzene rings is 1. The minimum Gasteiger partial charge on any atom is -0.473 e. The Kier molecular flexibility index (Phi) is 5.83. The fraction of sp³-hybridized carbons (Fsp3) is 0.267. The summed E-state index contributed by atoms with van der Waals surface area (Å²) >= 11 is 9.61. The molecule has 0 aliphatic heterocycles. The van der Waals surface area contributed by atoms with E-state index in [1.807, 2.05) is 37.3 Å². The molecular formula is C15H16BrClN2O. The molecule has 0 aliphatic rings. The Morgan fingerprint density at radius 1 is 1.25 bits per heavy atom. The van der Waals surface area contributed by atoms with Crippen molar-refractivity contribution in [3.63, 3.8) is 0 Å². The van der Waals surface area contributed by atoms with E-state index in [0.29, 0.717) is 24.1 Å².